The molecule has 30 heavy (non-hydrogen) atoms. The van der Waals surface area contributed by atoms with E-state index in [9.17, 15) is 0 Å². The van der Waals surface area contributed by atoms with Crippen LogP contribution in [0.2, 0.25) is 0 Å². The van der Waals surface area contributed by atoms with E-state index < -0.39 is 0 Å². The van der Waals surface area contributed by atoms with Crippen LogP contribution in [0.15, 0.2) is 54.6 Å². The van der Waals surface area contributed by atoms with Crippen LogP contribution < -0.4 is 9.47 Å². The van der Waals surface area contributed by atoms with Crippen LogP contribution in [0.25, 0.3) is 0 Å². The van der Waals surface area contributed by atoms with E-state index in [0.717, 1.165) is 56.4 Å². The maximum atomic E-state index is 5.80. The van der Waals surface area contributed by atoms with Crippen LogP contribution in [0.3, 0.4) is 0 Å². The van der Waals surface area contributed by atoms with E-state index in [1.807, 2.05) is 42.5 Å². The van der Waals surface area contributed by atoms with Gasteiger partial charge in [-0.3, -0.25) is 9.80 Å². The van der Waals surface area contributed by atoms with Gasteiger partial charge in [0.1, 0.15) is 24.7 Å². The first kappa shape index (κ1) is 22.6. The van der Waals surface area contributed by atoms with Crippen molar-refractivity contribution in [2.75, 3.05) is 52.5 Å². The van der Waals surface area contributed by atoms with Crippen molar-refractivity contribution >= 4 is 0 Å². The van der Waals surface area contributed by atoms with Gasteiger partial charge in [0.2, 0.25) is 0 Å². The summed E-state index contributed by atoms with van der Waals surface area (Å²) >= 11 is 0. The molecule has 0 aliphatic carbocycles. The second kappa shape index (κ2) is 11.3. The summed E-state index contributed by atoms with van der Waals surface area (Å²) in [7, 11) is 0. The third kappa shape index (κ3) is 7.63. The maximum Gasteiger partial charge on any atom is 0.120 e. The monoisotopic (exact) mass is 412 g/mol. The molecule has 5 heteroatoms. The maximum absolute atomic E-state index is 5.80. The van der Waals surface area contributed by atoms with Gasteiger partial charge < -0.3 is 14.2 Å². The molecule has 0 unspecified atom stereocenters. The van der Waals surface area contributed by atoms with Gasteiger partial charge in [-0.2, -0.15) is 0 Å². The Morgan fingerprint density at radius 3 is 2.00 bits per heavy atom. The summed E-state index contributed by atoms with van der Waals surface area (Å²) in [6.45, 7) is 14.9. The molecule has 0 aromatic heterocycles. The second-order valence-electron chi connectivity index (χ2n) is 8.71. The van der Waals surface area contributed by atoms with Crippen molar-refractivity contribution in [3.63, 3.8) is 0 Å². The fourth-order valence-electron chi connectivity index (χ4n) is 3.53. The highest BCUT2D eigenvalue weighted by molar-refractivity contribution is 5.31. The molecule has 3 rings (SSSR count). The predicted molar refractivity (Wildman–Crippen MR) is 121 cm³/mol. The highest BCUT2D eigenvalue weighted by Gasteiger charge is 2.25. The molecule has 5 nitrogen and oxygen atoms in total. The van der Waals surface area contributed by atoms with Crippen molar-refractivity contribution < 1.29 is 14.2 Å². The van der Waals surface area contributed by atoms with Gasteiger partial charge in [0.25, 0.3) is 0 Å². The topological polar surface area (TPSA) is 34.2 Å². The zero-order valence-electron chi connectivity index (χ0n) is 18.7. The first-order chi connectivity index (χ1) is 14.5. The number of benzene rings is 2. The lowest BCUT2D eigenvalue weighted by Gasteiger charge is -2.42. The molecule has 0 N–H and O–H groups in total. The molecule has 1 heterocycles. The average molecular weight is 413 g/mol. The van der Waals surface area contributed by atoms with Gasteiger partial charge in [-0.15, -0.1) is 0 Å². The van der Waals surface area contributed by atoms with Gasteiger partial charge in [-0.1, -0.05) is 30.3 Å². The fraction of sp³-hybridized carbons (Fsp3) is 0.520. The molecule has 2 aromatic rings. The first-order valence-electron chi connectivity index (χ1n) is 11.0. The molecule has 0 radical (unpaired) electrons. The zero-order valence-corrected chi connectivity index (χ0v) is 18.7. The fourth-order valence-corrected chi connectivity index (χ4v) is 3.53. The van der Waals surface area contributed by atoms with Gasteiger partial charge >= 0.3 is 0 Å². The zero-order chi connectivity index (χ0) is 21.2. The van der Waals surface area contributed by atoms with E-state index in [1.54, 1.807) is 0 Å². The van der Waals surface area contributed by atoms with Crippen molar-refractivity contribution in [2.45, 2.75) is 32.9 Å². The summed E-state index contributed by atoms with van der Waals surface area (Å²) in [6, 6.07) is 17.9. The van der Waals surface area contributed by atoms with Crippen LogP contribution in [0.5, 0.6) is 11.5 Å². The molecule has 1 fully saturated rings. The summed E-state index contributed by atoms with van der Waals surface area (Å²) in [5.41, 5.74) is 1.43. The van der Waals surface area contributed by atoms with Gasteiger partial charge in [-0.25, -0.2) is 0 Å². The van der Waals surface area contributed by atoms with E-state index in [0.29, 0.717) is 19.8 Å². The van der Waals surface area contributed by atoms with Crippen LogP contribution in [0, 0.1) is 0 Å². The molecule has 0 saturated carbocycles. The minimum absolute atomic E-state index is 0.270. The van der Waals surface area contributed by atoms with E-state index in [1.165, 1.54) is 0 Å². The van der Waals surface area contributed by atoms with E-state index in [2.05, 4.69) is 42.7 Å². The SMILES string of the molecule is CC(C)(C)N1CCN(CCOCCOc2ccc(OCc3ccccc3)cc2)CC1. The van der Waals surface area contributed by atoms with E-state index in [-0.39, 0.29) is 5.54 Å². The first-order valence-corrected chi connectivity index (χ1v) is 11.0. The van der Waals surface area contributed by atoms with Crippen LogP contribution in [-0.2, 0) is 11.3 Å². The van der Waals surface area contributed by atoms with Crippen molar-refractivity contribution in [2.24, 2.45) is 0 Å². The van der Waals surface area contributed by atoms with Crippen molar-refractivity contribution in [1.29, 1.82) is 0 Å². The molecule has 0 atom stereocenters. The van der Waals surface area contributed by atoms with Gasteiger partial charge in [-0.05, 0) is 50.6 Å². The predicted octanol–water partition coefficient (Wildman–Crippen LogP) is 4.08. The Balaban J connectivity index is 1.24. The van der Waals surface area contributed by atoms with E-state index in [4.69, 9.17) is 14.2 Å². The molecule has 1 aliphatic rings. The van der Waals surface area contributed by atoms with Gasteiger partial charge in [0.15, 0.2) is 0 Å². The molecule has 1 aliphatic heterocycles. The summed E-state index contributed by atoms with van der Waals surface area (Å²) in [5, 5.41) is 0. The van der Waals surface area contributed by atoms with Crippen molar-refractivity contribution in [3.05, 3.63) is 60.2 Å². The Labute approximate surface area is 181 Å². The number of piperazine rings is 1. The summed E-state index contributed by atoms with van der Waals surface area (Å²) in [4.78, 5) is 5.04. The van der Waals surface area contributed by atoms with Crippen LogP contribution in [0.4, 0.5) is 0 Å². The third-order valence-electron chi connectivity index (χ3n) is 5.44. The lowest BCUT2D eigenvalue weighted by molar-refractivity contribution is 0.0363. The Hall–Kier alpha value is -2.08. The van der Waals surface area contributed by atoms with Gasteiger partial charge in [0, 0.05) is 38.3 Å². The van der Waals surface area contributed by atoms with Crippen molar-refractivity contribution in [1.82, 2.24) is 9.80 Å². The van der Waals surface area contributed by atoms with Crippen LogP contribution in [-0.4, -0.2) is 67.9 Å². The molecule has 1 saturated heterocycles. The number of hydrogen-bond acceptors (Lipinski definition) is 5. The molecular weight excluding hydrogens is 376 g/mol. The molecule has 0 bridgehead atoms. The number of ether oxygens (including phenoxy) is 3. The van der Waals surface area contributed by atoms with Crippen LogP contribution >= 0.6 is 0 Å². The number of rotatable bonds is 10. The normalized spacial score (nSPS) is 15.8. The molecule has 0 spiro atoms. The Morgan fingerprint density at radius 2 is 1.37 bits per heavy atom. The Morgan fingerprint density at radius 1 is 0.733 bits per heavy atom. The minimum Gasteiger partial charge on any atom is -0.491 e. The van der Waals surface area contributed by atoms with Crippen LogP contribution in [0.1, 0.15) is 26.3 Å². The summed E-state index contributed by atoms with van der Waals surface area (Å²) in [5.74, 6) is 1.68. The molecule has 164 valence electrons. The minimum atomic E-state index is 0.270. The smallest absolute Gasteiger partial charge is 0.120 e. The quantitative estimate of drug-likeness (QED) is 0.550. The molecule has 0 amide bonds. The highest BCUT2D eigenvalue weighted by atomic mass is 16.5. The Bertz CT molecular complexity index is 720. The summed E-state index contributed by atoms with van der Waals surface area (Å²) in [6.07, 6.45) is 0. The highest BCUT2D eigenvalue weighted by Crippen LogP contribution is 2.19. The molecular formula is C25H36N2O3. The summed E-state index contributed by atoms with van der Waals surface area (Å²) < 4.78 is 17.3. The van der Waals surface area contributed by atoms with E-state index >= 15 is 0 Å². The lowest BCUT2D eigenvalue weighted by Crippen LogP contribution is -2.53. The number of nitrogens with zero attached hydrogens (tertiary/aromatic N) is 2. The Kier molecular flexibility index (Phi) is 8.55. The third-order valence-corrected chi connectivity index (χ3v) is 5.44. The number of hydrogen-bond donors (Lipinski definition) is 0. The lowest BCUT2D eigenvalue weighted by atomic mass is 10.1. The average Bonchev–Trinajstić information content (AvgIpc) is 2.76. The largest absolute Gasteiger partial charge is 0.491 e. The standard InChI is InChI=1S/C25H36N2O3/c1-25(2,3)27-15-13-26(14-16-27)17-18-28-19-20-29-23-9-11-24(12-10-23)30-21-22-7-5-4-6-8-22/h4-12H,13-21H2,1-3H3. The molecule has 2 aromatic carbocycles. The second-order valence-corrected chi connectivity index (χ2v) is 8.71. The van der Waals surface area contributed by atoms with Gasteiger partial charge in [0.05, 0.1) is 13.2 Å². The van der Waals surface area contributed by atoms with Crippen molar-refractivity contribution in [3.8, 4) is 11.5 Å².